The SMILES string of the molecule is CC1N=NC(C)(O)C(CO)(CO)N(C(CO)(CO)C(C)O)C1=O. The van der Waals surface area contributed by atoms with Crippen molar-refractivity contribution in [3.63, 3.8) is 0 Å². The molecule has 0 radical (unpaired) electrons. The first kappa shape index (κ1) is 19.9. The third-order valence-corrected chi connectivity index (χ3v) is 4.61. The minimum Gasteiger partial charge on any atom is -0.394 e. The number of nitrogens with zero attached hydrogens (tertiary/aromatic N) is 3. The maximum atomic E-state index is 12.7. The van der Waals surface area contributed by atoms with Gasteiger partial charge >= 0.3 is 0 Å². The second kappa shape index (κ2) is 6.75. The van der Waals surface area contributed by atoms with Crippen LogP contribution in [0.3, 0.4) is 0 Å². The van der Waals surface area contributed by atoms with Crippen molar-refractivity contribution in [2.45, 2.75) is 49.7 Å². The molecule has 0 aromatic rings. The van der Waals surface area contributed by atoms with E-state index >= 15 is 0 Å². The molecule has 3 atom stereocenters. The van der Waals surface area contributed by atoms with Crippen molar-refractivity contribution in [3.8, 4) is 0 Å². The molecule has 23 heavy (non-hydrogen) atoms. The first-order valence-corrected chi connectivity index (χ1v) is 7.20. The average Bonchev–Trinajstić information content (AvgIpc) is 2.58. The van der Waals surface area contributed by atoms with E-state index in [9.17, 15) is 35.4 Å². The highest BCUT2D eigenvalue weighted by Gasteiger charge is 2.62. The van der Waals surface area contributed by atoms with Gasteiger partial charge in [0.05, 0.1) is 32.5 Å². The van der Waals surface area contributed by atoms with Crippen LogP contribution >= 0.6 is 0 Å². The quantitative estimate of drug-likeness (QED) is 0.305. The van der Waals surface area contributed by atoms with Gasteiger partial charge in [-0.15, -0.1) is 0 Å². The molecule has 10 nitrogen and oxygen atoms in total. The molecule has 134 valence electrons. The number of hydrogen-bond acceptors (Lipinski definition) is 9. The highest BCUT2D eigenvalue weighted by atomic mass is 16.3. The molecule has 0 aliphatic carbocycles. The first-order valence-electron chi connectivity index (χ1n) is 7.20. The Morgan fingerprint density at radius 2 is 1.74 bits per heavy atom. The Morgan fingerprint density at radius 1 is 1.26 bits per heavy atom. The molecule has 1 aliphatic heterocycles. The van der Waals surface area contributed by atoms with E-state index in [1.54, 1.807) is 0 Å². The molecular formula is C13H25N3O7. The van der Waals surface area contributed by atoms with Crippen molar-refractivity contribution < 1.29 is 35.4 Å². The molecule has 0 saturated carbocycles. The summed E-state index contributed by atoms with van der Waals surface area (Å²) >= 11 is 0. The number of carbonyl (C=O) groups excluding carboxylic acids is 1. The molecule has 0 saturated heterocycles. The van der Waals surface area contributed by atoms with Gasteiger partial charge in [0.1, 0.15) is 17.1 Å². The van der Waals surface area contributed by atoms with E-state index in [2.05, 4.69) is 10.2 Å². The van der Waals surface area contributed by atoms with Crippen molar-refractivity contribution in [3.05, 3.63) is 0 Å². The predicted molar refractivity (Wildman–Crippen MR) is 77.3 cm³/mol. The molecule has 0 aromatic carbocycles. The van der Waals surface area contributed by atoms with Crippen molar-refractivity contribution >= 4 is 5.91 Å². The summed E-state index contributed by atoms with van der Waals surface area (Å²) in [6.07, 6.45) is -1.44. The molecular weight excluding hydrogens is 310 g/mol. The van der Waals surface area contributed by atoms with Crippen LogP contribution in [-0.2, 0) is 4.79 Å². The van der Waals surface area contributed by atoms with Gasteiger partial charge in [0.15, 0.2) is 0 Å². The summed E-state index contributed by atoms with van der Waals surface area (Å²) in [5, 5.41) is 67.2. The molecule has 0 aromatic heterocycles. The third-order valence-electron chi connectivity index (χ3n) is 4.61. The summed E-state index contributed by atoms with van der Waals surface area (Å²) in [7, 11) is 0. The number of carbonyl (C=O) groups is 1. The second-order valence-electron chi connectivity index (χ2n) is 6.03. The van der Waals surface area contributed by atoms with Crippen LogP contribution in [-0.4, -0.2) is 96.8 Å². The van der Waals surface area contributed by atoms with Crippen LogP contribution in [0.5, 0.6) is 0 Å². The van der Waals surface area contributed by atoms with Gasteiger partial charge in [-0.1, -0.05) is 0 Å². The summed E-state index contributed by atoms with van der Waals surface area (Å²) < 4.78 is 0. The van der Waals surface area contributed by atoms with E-state index in [4.69, 9.17) is 0 Å². The van der Waals surface area contributed by atoms with E-state index in [0.29, 0.717) is 0 Å². The van der Waals surface area contributed by atoms with Gasteiger partial charge in [0.2, 0.25) is 5.72 Å². The number of azo groups is 1. The fourth-order valence-corrected chi connectivity index (χ4v) is 2.73. The fourth-order valence-electron chi connectivity index (χ4n) is 2.73. The zero-order valence-corrected chi connectivity index (χ0v) is 13.4. The lowest BCUT2D eigenvalue weighted by atomic mass is 9.80. The Labute approximate surface area is 133 Å². The molecule has 1 rings (SSSR count). The topological polar surface area (TPSA) is 166 Å². The van der Waals surface area contributed by atoms with Crippen LogP contribution < -0.4 is 0 Å². The number of amides is 1. The van der Waals surface area contributed by atoms with Gasteiger partial charge in [-0.05, 0) is 20.8 Å². The van der Waals surface area contributed by atoms with E-state index < -0.39 is 61.3 Å². The lowest BCUT2D eigenvalue weighted by Crippen LogP contribution is -2.78. The number of aliphatic hydroxyl groups is 6. The van der Waals surface area contributed by atoms with Crippen LogP contribution in [0.15, 0.2) is 10.2 Å². The van der Waals surface area contributed by atoms with E-state index in [-0.39, 0.29) is 0 Å². The van der Waals surface area contributed by atoms with Gasteiger partial charge in [0.25, 0.3) is 5.91 Å². The highest BCUT2D eigenvalue weighted by molar-refractivity contribution is 5.84. The molecule has 1 aliphatic rings. The Morgan fingerprint density at radius 3 is 2.09 bits per heavy atom. The molecule has 6 N–H and O–H groups in total. The lowest BCUT2D eigenvalue weighted by molar-refractivity contribution is -0.211. The van der Waals surface area contributed by atoms with Crippen molar-refractivity contribution in [1.29, 1.82) is 0 Å². The third kappa shape index (κ3) is 2.75. The van der Waals surface area contributed by atoms with Crippen molar-refractivity contribution in [1.82, 2.24) is 4.90 Å². The minimum absolute atomic E-state index is 0.731. The maximum absolute atomic E-state index is 12.7. The molecule has 3 unspecified atom stereocenters. The minimum atomic E-state index is -2.22. The molecule has 0 fully saturated rings. The molecule has 0 bridgehead atoms. The first-order chi connectivity index (χ1) is 10.6. The van der Waals surface area contributed by atoms with Gasteiger partial charge in [-0.3, -0.25) is 4.79 Å². The normalized spacial score (nSPS) is 29.5. The van der Waals surface area contributed by atoms with Gasteiger partial charge in [0, 0.05) is 0 Å². The second-order valence-corrected chi connectivity index (χ2v) is 6.03. The zero-order chi connectivity index (χ0) is 18.1. The summed E-state index contributed by atoms with van der Waals surface area (Å²) in [5.74, 6) is -0.821. The Balaban J connectivity index is 3.75. The summed E-state index contributed by atoms with van der Waals surface area (Å²) in [6.45, 7) is 0.0850. The van der Waals surface area contributed by atoms with Crippen LogP contribution in [0.1, 0.15) is 20.8 Å². The Bertz CT molecular complexity index is 458. The van der Waals surface area contributed by atoms with Crippen LogP contribution in [0.25, 0.3) is 0 Å². The van der Waals surface area contributed by atoms with E-state index in [0.717, 1.165) is 11.8 Å². The standard InChI is InChI=1S/C13H25N3O7/c1-8-10(22)16(12(4-17,5-18)9(2)21)13(6-19,7-20)11(3,23)15-14-8/h8-9,17-21,23H,4-7H2,1-3H3. The van der Waals surface area contributed by atoms with Crippen LogP contribution in [0.4, 0.5) is 0 Å². The lowest BCUT2D eigenvalue weighted by Gasteiger charge is -2.55. The largest absolute Gasteiger partial charge is 0.394 e. The molecule has 10 heteroatoms. The smallest absolute Gasteiger partial charge is 0.250 e. The monoisotopic (exact) mass is 335 g/mol. The number of aliphatic hydroxyl groups excluding tert-OH is 5. The average molecular weight is 335 g/mol. The van der Waals surface area contributed by atoms with E-state index in [1.807, 2.05) is 0 Å². The van der Waals surface area contributed by atoms with Crippen molar-refractivity contribution in [2.75, 3.05) is 26.4 Å². The molecule has 1 amide bonds. The predicted octanol–water partition coefficient (Wildman–Crippen LogP) is -2.79. The Hall–Kier alpha value is -1.17. The van der Waals surface area contributed by atoms with Gasteiger partial charge in [-0.2, -0.15) is 10.2 Å². The maximum Gasteiger partial charge on any atom is 0.250 e. The molecule has 1 heterocycles. The summed E-state index contributed by atoms with van der Waals surface area (Å²) in [5.41, 5.74) is -6.29. The van der Waals surface area contributed by atoms with Crippen LogP contribution in [0, 0.1) is 0 Å². The highest BCUT2D eigenvalue weighted by Crippen LogP contribution is 2.39. The number of rotatable bonds is 6. The van der Waals surface area contributed by atoms with Gasteiger partial charge in [-0.25, -0.2) is 0 Å². The molecule has 0 spiro atoms. The summed E-state index contributed by atoms with van der Waals surface area (Å²) in [6, 6.07) is -1.11. The van der Waals surface area contributed by atoms with Crippen LogP contribution in [0.2, 0.25) is 0 Å². The summed E-state index contributed by atoms with van der Waals surface area (Å²) in [4.78, 5) is 13.5. The Kier molecular flexibility index (Phi) is 5.83. The van der Waals surface area contributed by atoms with E-state index in [1.165, 1.54) is 13.8 Å². The fraction of sp³-hybridized carbons (Fsp3) is 0.923. The van der Waals surface area contributed by atoms with Crippen molar-refractivity contribution in [2.24, 2.45) is 10.2 Å². The van der Waals surface area contributed by atoms with Gasteiger partial charge < -0.3 is 35.5 Å². The number of hydrogen-bond donors (Lipinski definition) is 6. The zero-order valence-electron chi connectivity index (χ0n) is 13.4.